The summed E-state index contributed by atoms with van der Waals surface area (Å²) in [6, 6.07) is 18.4. The Kier molecular flexibility index (Phi) is 6.18. The fourth-order valence-corrected chi connectivity index (χ4v) is 4.31. The number of nitrogens with zero attached hydrogens (tertiary/aromatic N) is 2. The van der Waals surface area contributed by atoms with E-state index < -0.39 is 22.0 Å². The maximum Gasteiger partial charge on any atom is 0.330 e. The molecule has 0 saturated carbocycles. The number of rotatable bonds is 7. The normalized spacial score (nSPS) is 16.1. The second-order valence-corrected chi connectivity index (χ2v) is 8.77. The topological polar surface area (TPSA) is 107 Å². The van der Waals surface area contributed by atoms with Crippen molar-refractivity contribution in [3.63, 3.8) is 0 Å². The van der Waals surface area contributed by atoms with Crippen molar-refractivity contribution in [3.8, 4) is 5.75 Å². The molecule has 3 aromatic rings. The standard InChI is InChI=1S/C23H21N3O5S/c1-16(25-22-20-7-2-3-8-21(20)32(28,29)26-22)23(27)31-14-17-9-11-19(12-10-17)30-15-18-6-4-5-13-24-18/h2-13,16H,14-15H2,1H3,(H,25,26)/t16-/m0/s1. The molecule has 0 bridgehead atoms. The van der Waals surface area contributed by atoms with Crippen molar-refractivity contribution in [2.45, 2.75) is 31.1 Å². The molecule has 0 fully saturated rings. The van der Waals surface area contributed by atoms with Gasteiger partial charge in [0.25, 0.3) is 10.0 Å². The Balaban J connectivity index is 1.32. The summed E-state index contributed by atoms with van der Waals surface area (Å²) in [5, 5.41) is 0. The van der Waals surface area contributed by atoms with Gasteiger partial charge in [-0.3, -0.25) is 14.7 Å². The third-order valence-corrected chi connectivity index (χ3v) is 6.14. The van der Waals surface area contributed by atoms with E-state index in [-0.39, 0.29) is 17.3 Å². The van der Waals surface area contributed by atoms with Gasteiger partial charge in [-0.2, -0.15) is 0 Å². The molecule has 1 atom stereocenters. The van der Waals surface area contributed by atoms with Crippen LogP contribution in [0.4, 0.5) is 0 Å². The zero-order chi connectivity index (χ0) is 22.6. The number of sulfonamides is 1. The SMILES string of the molecule is C[C@H](N=C1NS(=O)(=O)c2ccccc21)C(=O)OCc1ccc(OCc2ccccn2)cc1. The Morgan fingerprint density at radius 2 is 1.78 bits per heavy atom. The molecule has 0 unspecified atom stereocenters. The number of aliphatic imine (C=N–C) groups is 1. The molecular formula is C23H21N3O5S. The minimum absolute atomic E-state index is 0.0663. The highest BCUT2D eigenvalue weighted by Gasteiger charge is 2.31. The number of esters is 1. The number of hydrogen-bond acceptors (Lipinski definition) is 7. The number of amidine groups is 1. The van der Waals surface area contributed by atoms with Gasteiger partial charge >= 0.3 is 5.97 Å². The minimum atomic E-state index is -3.66. The Morgan fingerprint density at radius 3 is 2.53 bits per heavy atom. The number of hydrogen-bond donors (Lipinski definition) is 1. The fourth-order valence-electron chi connectivity index (χ4n) is 3.07. The number of benzene rings is 2. The van der Waals surface area contributed by atoms with Gasteiger partial charge in [-0.1, -0.05) is 30.3 Å². The van der Waals surface area contributed by atoms with Crippen LogP contribution in [-0.4, -0.2) is 31.2 Å². The number of fused-ring (bicyclic) bond motifs is 1. The lowest BCUT2D eigenvalue weighted by Gasteiger charge is -2.10. The van der Waals surface area contributed by atoms with E-state index in [4.69, 9.17) is 9.47 Å². The molecule has 1 aliphatic rings. The van der Waals surface area contributed by atoms with Crippen molar-refractivity contribution in [1.29, 1.82) is 0 Å². The highest BCUT2D eigenvalue weighted by molar-refractivity contribution is 7.90. The number of aromatic nitrogens is 1. The molecule has 2 heterocycles. The van der Waals surface area contributed by atoms with Crippen LogP contribution in [0.25, 0.3) is 0 Å². The van der Waals surface area contributed by atoms with E-state index in [2.05, 4.69) is 14.7 Å². The van der Waals surface area contributed by atoms with Crippen LogP contribution in [-0.2, 0) is 32.8 Å². The Hall–Kier alpha value is -3.72. The van der Waals surface area contributed by atoms with Crippen LogP contribution in [0.5, 0.6) is 5.75 Å². The largest absolute Gasteiger partial charge is 0.487 e. The summed E-state index contributed by atoms with van der Waals surface area (Å²) in [7, 11) is -3.66. The number of pyridine rings is 1. The number of nitrogens with one attached hydrogen (secondary N) is 1. The molecule has 0 saturated heterocycles. The number of carbonyl (C=O) groups is 1. The van der Waals surface area contributed by atoms with E-state index in [1.54, 1.807) is 55.6 Å². The first-order valence-corrected chi connectivity index (χ1v) is 11.4. The molecule has 32 heavy (non-hydrogen) atoms. The van der Waals surface area contributed by atoms with Gasteiger partial charge < -0.3 is 9.47 Å². The lowest BCUT2D eigenvalue weighted by molar-refractivity contribution is -0.146. The van der Waals surface area contributed by atoms with E-state index in [1.165, 1.54) is 6.07 Å². The molecule has 164 valence electrons. The molecule has 9 heteroatoms. The van der Waals surface area contributed by atoms with E-state index in [1.807, 2.05) is 18.2 Å². The first-order chi connectivity index (χ1) is 15.4. The third-order valence-electron chi connectivity index (χ3n) is 4.74. The van der Waals surface area contributed by atoms with Crippen LogP contribution >= 0.6 is 0 Å². The van der Waals surface area contributed by atoms with E-state index in [9.17, 15) is 13.2 Å². The lowest BCUT2D eigenvalue weighted by Crippen LogP contribution is -2.26. The summed E-state index contributed by atoms with van der Waals surface area (Å²) in [6.45, 7) is 1.98. The van der Waals surface area contributed by atoms with Crippen molar-refractivity contribution in [2.24, 2.45) is 4.99 Å². The smallest absolute Gasteiger partial charge is 0.330 e. The highest BCUT2D eigenvalue weighted by Crippen LogP contribution is 2.22. The molecule has 1 N–H and O–H groups in total. The second-order valence-electron chi connectivity index (χ2n) is 7.12. The summed E-state index contributed by atoms with van der Waals surface area (Å²) >= 11 is 0. The zero-order valence-electron chi connectivity index (χ0n) is 17.3. The summed E-state index contributed by atoms with van der Waals surface area (Å²) in [5.41, 5.74) is 2.05. The average molecular weight is 452 g/mol. The lowest BCUT2D eigenvalue weighted by atomic mass is 10.2. The minimum Gasteiger partial charge on any atom is -0.487 e. The summed E-state index contributed by atoms with van der Waals surface area (Å²) in [5.74, 6) is 0.258. The van der Waals surface area contributed by atoms with Gasteiger partial charge in [0.2, 0.25) is 0 Å². The maximum atomic E-state index is 12.4. The van der Waals surface area contributed by atoms with Crippen LogP contribution < -0.4 is 9.46 Å². The molecule has 1 aromatic heterocycles. The second kappa shape index (κ2) is 9.19. The van der Waals surface area contributed by atoms with Gasteiger partial charge in [0, 0.05) is 11.8 Å². The van der Waals surface area contributed by atoms with Crippen molar-refractivity contribution in [2.75, 3.05) is 0 Å². The summed E-state index contributed by atoms with van der Waals surface area (Å²) in [4.78, 5) is 20.9. The van der Waals surface area contributed by atoms with Gasteiger partial charge in [-0.25, -0.2) is 13.2 Å². The van der Waals surface area contributed by atoms with Crippen LogP contribution in [0.3, 0.4) is 0 Å². The van der Waals surface area contributed by atoms with Crippen LogP contribution in [0.15, 0.2) is 82.8 Å². The molecular weight excluding hydrogens is 430 g/mol. The van der Waals surface area contributed by atoms with Gasteiger partial charge in [0.1, 0.15) is 30.8 Å². The van der Waals surface area contributed by atoms with Crippen LogP contribution in [0, 0.1) is 0 Å². The Bertz CT molecular complexity index is 1240. The average Bonchev–Trinajstić information content (AvgIpc) is 3.07. The fraction of sp³-hybridized carbons (Fsp3) is 0.174. The van der Waals surface area contributed by atoms with Crippen molar-refractivity contribution < 1.29 is 22.7 Å². The Labute approximate surface area is 186 Å². The maximum absolute atomic E-state index is 12.4. The van der Waals surface area contributed by atoms with Gasteiger partial charge in [-0.15, -0.1) is 0 Å². The van der Waals surface area contributed by atoms with E-state index in [0.29, 0.717) is 17.9 Å². The van der Waals surface area contributed by atoms with E-state index in [0.717, 1.165) is 11.3 Å². The van der Waals surface area contributed by atoms with Gasteiger partial charge in [0.05, 0.1) is 10.6 Å². The van der Waals surface area contributed by atoms with E-state index >= 15 is 0 Å². The molecule has 0 aliphatic carbocycles. The summed E-state index contributed by atoms with van der Waals surface area (Å²) in [6.07, 6.45) is 1.71. The van der Waals surface area contributed by atoms with Crippen LogP contribution in [0.2, 0.25) is 0 Å². The highest BCUT2D eigenvalue weighted by atomic mass is 32.2. The quantitative estimate of drug-likeness (QED) is 0.554. The molecule has 8 nitrogen and oxygen atoms in total. The number of carbonyl (C=O) groups excluding carboxylic acids is 1. The summed E-state index contributed by atoms with van der Waals surface area (Å²) < 4.78 is 37.7. The zero-order valence-corrected chi connectivity index (χ0v) is 18.1. The van der Waals surface area contributed by atoms with Crippen LogP contribution in [0.1, 0.15) is 23.7 Å². The van der Waals surface area contributed by atoms with Crippen molar-refractivity contribution in [3.05, 3.63) is 89.7 Å². The molecule has 1 aliphatic heterocycles. The number of ether oxygens (including phenoxy) is 2. The third kappa shape index (κ3) is 4.94. The molecule has 0 radical (unpaired) electrons. The van der Waals surface area contributed by atoms with Crippen molar-refractivity contribution >= 4 is 21.8 Å². The molecule has 2 aromatic carbocycles. The predicted molar refractivity (Wildman–Crippen MR) is 118 cm³/mol. The molecule has 4 rings (SSSR count). The Morgan fingerprint density at radius 1 is 1.03 bits per heavy atom. The molecule has 0 spiro atoms. The van der Waals surface area contributed by atoms with Gasteiger partial charge in [-0.05, 0) is 48.9 Å². The first-order valence-electron chi connectivity index (χ1n) is 9.91. The predicted octanol–water partition coefficient (Wildman–Crippen LogP) is 2.83. The first kappa shape index (κ1) is 21.5. The molecule has 0 amide bonds. The van der Waals surface area contributed by atoms with Crippen molar-refractivity contribution in [1.82, 2.24) is 9.71 Å². The van der Waals surface area contributed by atoms with Gasteiger partial charge in [0.15, 0.2) is 0 Å². The monoisotopic (exact) mass is 451 g/mol.